The lowest BCUT2D eigenvalue weighted by atomic mass is 10.1. The summed E-state index contributed by atoms with van der Waals surface area (Å²) in [7, 11) is 0. The molecule has 6 nitrogen and oxygen atoms in total. The first-order chi connectivity index (χ1) is 14.2. The highest BCUT2D eigenvalue weighted by molar-refractivity contribution is 6.30. The Morgan fingerprint density at radius 1 is 1.03 bits per heavy atom. The fourth-order valence-electron chi connectivity index (χ4n) is 2.67. The van der Waals surface area contributed by atoms with Gasteiger partial charge in [-0.1, -0.05) is 23.7 Å². The number of nitrogens with one attached hydrogen (secondary N) is 1. The maximum Gasteiger partial charge on any atom is 0.271 e. The summed E-state index contributed by atoms with van der Waals surface area (Å²) in [5.41, 5.74) is 4.76. The molecule has 0 saturated heterocycles. The first-order valence-corrected chi connectivity index (χ1v) is 9.25. The molecule has 1 aliphatic heterocycles. The normalized spacial score (nSPS) is 12.2. The molecule has 1 heterocycles. The van der Waals surface area contributed by atoms with Crippen LogP contribution in [0.1, 0.15) is 21.5 Å². The van der Waals surface area contributed by atoms with E-state index in [0.717, 1.165) is 16.9 Å². The molecule has 0 radical (unpaired) electrons. The van der Waals surface area contributed by atoms with E-state index in [1.165, 1.54) is 0 Å². The zero-order valence-corrected chi connectivity index (χ0v) is 16.1. The second kappa shape index (κ2) is 8.67. The zero-order valence-electron chi connectivity index (χ0n) is 15.3. The summed E-state index contributed by atoms with van der Waals surface area (Å²) in [6.07, 6.45) is 1.55. The van der Waals surface area contributed by atoms with E-state index in [4.69, 9.17) is 25.8 Å². The number of nitrogens with zero attached hydrogens (tertiary/aromatic N) is 1. The van der Waals surface area contributed by atoms with Gasteiger partial charge in [0.15, 0.2) is 11.5 Å². The molecule has 1 N–H and O–H groups in total. The minimum Gasteiger partial charge on any atom is -0.489 e. The van der Waals surface area contributed by atoms with Gasteiger partial charge in [0.1, 0.15) is 12.4 Å². The van der Waals surface area contributed by atoms with Crippen LogP contribution in [0, 0.1) is 0 Å². The third-order valence-electron chi connectivity index (χ3n) is 4.21. The summed E-state index contributed by atoms with van der Waals surface area (Å²) in [6, 6.07) is 19.7. The fourth-order valence-corrected chi connectivity index (χ4v) is 2.80. The van der Waals surface area contributed by atoms with Crippen molar-refractivity contribution in [3.63, 3.8) is 0 Å². The predicted octanol–water partition coefficient (Wildman–Crippen LogP) is 4.41. The maximum atomic E-state index is 12.2. The number of carbonyl (C=O) groups is 1. The third kappa shape index (κ3) is 4.86. The molecule has 146 valence electrons. The highest BCUT2D eigenvalue weighted by Crippen LogP contribution is 2.31. The van der Waals surface area contributed by atoms with Crippen LogP contribution in [0.15, 0.2) is 71.8 Å². The number of rotatable bonds is 6. The number of ether oxygens (including phenoxy) is 3. The van der Waals surface area contributed by atoms with Crippen molar-refractivity contribution in [2.45, 2.75) is 6.61 Å². The van der Waals surface area contributed by atoms with Gasteiger partial charge in [0, 0.05) is 10.6 Å². The van der Waals surface area contributed by atoms with Crippen molar-refractivity contribution < 1.29 is 19.0 Å². The average Bonchev–Trinajstić information content (AvgIpc) is 3.21. The number of hydrogen-bond donors (Lipinski definition) is 1. The van der Waals surface area contributed by atoms with Crippen molar-refractivity contribution in [2.24, 2.45) is 5.10 Å². The standard InChI is InChI=1S/C22H17ClN2O4/c23-18-6-8-19(9-7-18)27-13-15-1-4-17(5-2-15)22(26)25-24-12-16-3-10-20-21(11-16)29-14-28-20/h1-12H,13-14H2,(H,25,26)/b24-12+. The smallest absolute Gasteiger partial charge is 0.271 e. The van der Waals surface area contributed by atoms with E-state index in [1.807, 2.05) is 30.3 Å². The molecule has 0 aromatic heterocycles. The molecule has 3 aromatic carbocycles. The van der Waals surface area contributed by atoms with Gasteiger partial charge >= 0.3 is 0 Å². The molecular weight excluding hydrogens is 392 g/mol. The van der Waals surface area contributed by atoms with Crippen molar-refractivity contribution in [1.29, 1.82) is 0 Å². The van der Waals surface area contributed by atoms with Crippen LogP contribution in [0.3, 0.4) is 0 Å². The molecule has 29 heavy (non-hydrogen) atoms. The van der Waals surface area contributed by atoms with Crippen molar-refractivity contribution in [3.8, 4) is 17.2 Å². The zero-order chi connectivity index (χ0) is 20.1. The van der Waals surface area contributed by atoms with E-state index in [2.05, 4.69) is 10.5 Å². The molecular formula is C22H17ClN2O4. The van der Waals surface area contributed by atoms with Crippen LogP contribution in [-0.4, -0.2) is 18.9 Å². The number of halogens is 1. The van der Waals surface area contributed by atoms with Crippen LogP contribution in [0.5, 0.6) is 17.2 Å². The SMILES string of the molecule is O=C(N/N=C/c1ccc2c(c1)OCO2)c1ccc(COc2ccc(Cl)cc2)cc1. The van der Waals surface area contributed by atoms with E-state index in [1.54, 1.807) is 42.6 Å². The highest BCUT2D eigenvalue weighted by atomic mass is 35.5. The number of carbonyl (C=O) groups excluding carboxylic acids is 1. The lowest BCUT2D eigenvalue weighted by Gasteiger charge is -2.07. The van der Waals surface area contributed by atoms with Crippen molar-refractivity contribution in [1.82, 2.24) is 5.43 Å². The molecule has 4 rings (SSSR count). The Labute approximate surface area is 172 Å². The van der Waals surface area contributed by atoms with Crippen molar-refractivity contribution >= 4 is 23.7 Å². The molecule has 1 aliphatic rings. The summed E-state index contributed by atoms with van der Waals surface area (Å²) >= 11 is 5.86. The monoisotopic (exact) mass is 408 g/mol. The molecule has 0 atom stereocenters. The quantitative estimate of drug-likeness (QED) is 0.484. The van der Waals surface area contributed by atoms with Crippen LogP contribution in [0.25, 0.3) is 0 Å². The fraction of sp³-hybridized carbons (Fsp3) is 0.0909. The minimum atomic E-state index is -0.299. The summed E-state index contributed by atoms with van der Waals surface area (Å²) < 4.78 is 16.3. The van der Waals surface area contributed by atoms with E-state index < -0.39 is 0 Å². The molecule has 0 bridgehead atoms. The molecule has 0 saturated carbocycles. The van der Waals surface area contributed by atoms with Gasteiger partial charge in [-0.2, -0.15) is 5.10 Å². The number of amides is 1. The van der Waals surface area contributed by atoms with Gasteiger partial charge in [0.2, 0.25) is 6.79 Å². The van der Waals surface area contributed by atoms with E-state index in [0.29, 0.717) is 28.7 Å². The summed E-state index contributed by atoms with van der Waals surface area (Å²) in [5.74, 6) is 1.80. The number of hydrazone groups is 1. The lowest BCUT2D eigenvalue weighted by molar-refractivity contribution is 0.0955. The van der Waals surface area contributed by atoms with Gasteiger partial charge in [-0.3, -0.25) is 4.79 Å². The van der Waals surface area contributed by atoms with Crippen LogP contribution >= 0.6 is 11.6 Å². The van der Waals surface area contributed by atoms with Crippen LogP contribution in [-0.2, 0) is 6.61 Å². The Hall–Kier alpha value is -3.51. The Bertz CT molecular complexity index is 1030. The van der Waals surface area contributed by atoms with Crippen molar-refractivity contribution in [3.05, 3.63) is 88.4 Å². The Morgan fingerprint density at radius 2 is 1.79 bits per heavy atom. The van der Waals surface area contributed by atoms with Crippen molar-refractivity contribution in [2.75, 3.05) is 6.79 Å². The topological polar surface area (TPSA) is 69.2 Å². The van der Waals surface area contributed by atoms with Gasteiger partial charge in [-0.25, -0.2) is 5.43 Å². The average molecular weight is 409 g/mol. The van der Waals surface area contributed by atoms with Gasteiger partial charge in [-0.05, 0) is 65.7 Å². The molecule has 0 aliphatic carbocycles. The molecule has 7 heteroatoms. The van der Waals surface area contributed by atoms with Crippen LogP contribution < -0.4 is 19.6 Å². The Balaban J connectivity index is 1.30. The lowest BCUT2D eigenvalue weighted by Crippen LogP contribution is -2.17. The number of hydrogen-bond acceptors (Lipinski definition) is 5. The predicted molar refractivity (Wildman–Crippen MR) is 110 cm³/mol. The second-order valence-corrected chi connectivity index (χ2v) is 6.69. The van der Waals surface area contributed by atoms with Crippen LogP contribution in [0.4, 0.5) is 0 Å². The summed E-state index contributed by atoms with van der Waals surface area (Å²) in [4.78, 5) is 12.2. The highest BCUT2D eigenvalue weighted by Gasteiger charge is 2.12. The Morgan fingerprint density at radius 3 is 2.59 bits per heavy atom. The molecule has 3 aromatic rings. The molecule has 0 spiro atoms. The number of fused-ring (bicyclic) bond motifs is 1. The van der Waals surface area contributed by atoms with E-state index in [-0.39, 0.29) is 12.7 Å². The van der Waals surface area contributed by atoms with E-state index in [9.17, 15) is 4.79 Å². The largest absolute Gasteiger partial charge is 0.489 e. The molecule has 0 fully saturated rings. The summed E-state index contributed by atoms with van der Waals surface area (Å²) in [6.45, 7) is 0.610. The first-order valence-electron chi connectivity index (χ1n) is 8.88. The Kier molecular flexibility index (Phi) is 5.63. The van der Waals surface area contributed by atoms with Gasteiger partial charge < -0.3 is 14.2 Å². The first kappa shape index (κ1) is 18.8. The maximum absolute atomic E-state index is 12.2. The molecule has 1 amide bonds. The van der Waals surface area contributed by atoms with Crippen LogP contribution in [0.2, 0.25) is 5.02 Å². The van der Waals surface area contributed by atoms with Gasteiger partial charge in [0.05, 0.1) is 6.21 Å². The third-order valence-corrected chi connectivity index (χ3v) is 4.46. The molecule has 0 unspecified atom stereocenters. The van der Waals surface area contributed by atoms with Gasteiger partial charge in [-0.15, -0.1) is 0 Å². The summed E-state index contributed by atoms with van der Waals surface area (Å²) in [5, 5.41) is 4.65. The van der Waals surface area contributed by atoms with Gasteiger partial charge in [0.25, 0.3) is 5.91 Å². The number of benzene rings is 3. The second-order valence-electron chi connectivity index (χ2n) is 6.25. The van der Waals surface area contributed by atoms with E-state index >= 15 is 0 Å². The minimum absolute atomic E-state index is 0.216.